The van der Waals surface area contributed by atoms with Crippen LogP contribution in [0.15, 0.2) is 36.6 Å². The van der Waals surface area contributed by atoms with E-state index in [4.69, 9.17) is 4.74 Å². The lowest BCUT2D eigenvalue weighted by Gasteiger charge is -2.24. The van der Waals surface area contributed by atoms with E-state index < -0.39 is 9.84 Å². The van der Waals surface area contributed by atoms with Crippen LogP contribution in [0.4, 0.5) is 0 Å². The monoisotopic (exact) mass is 252 g/mol. The van der Waals surface area contributed by atoms with Gasteiger partial charge in [0, 0.05) is 5.92 Å². The first-order valence-corrected chi connectivity index (χ1v) is 7.43. The van der Waals surface area contributed by atoms with Gasteiger partial charge in [-0.15, -0.1) is 0 Å². The molecule has 1 heterocycles. The van der Waals surface area contributed by atoms with E-state index in [9.17, 15) is 8.42 Å². The van der Waals surface area contributed by atoms with Gasteiger partial charge in [0.05, 0.1) is 24.4 Å². The molecule has 3 nitrogen and oxygen atoms in total. The minimum Gasteiger partial charge on any atom is -0.501 e. The lowest BCUT2D eigenvalue weighted by Crippen LogP contribution is -2.38. The smallest absolute Gasteiger partial charge is 0.151 e. The van der Waals surface area contributed by atoms with Crippen LogP contribution < -0.4 is 0 Å². The molecule has 4 heteroatoms. The number of sulfone groups is 1. The molecule has 92 valence electrons. The summed E-state index contributed by atoms with van der Waals surface area (Å²) in [4.78, 5) is 0. The van der Waals surface area contributed by atoms with Crippen LogP contribution in [0.3, 0.4) is 0 Å². The summed E-state index contributed by atoms with van der Waals surface area (Å²) in [6, 6.07) is 9.96. The molecular formula is C13H16O3S. The maximum atomic E-state index is 10.9. The van der Waals surface area contributed by atoms with Gasteiger partial charge in [0.1, 0.15) is 0 Å². The molecule has 0 unspecified atom stereocenters. The summed E-state index contributed by atoms with van der Waals surface area (Å²) >= 11 is 0. The zero-order valence-corrected chi connectivity index (χ0v) is 10.6. The predicted octanol–water partition coefficient (Wildman–Crippen LogP) is 2.11. The summed E-state index contributed by atoms with van der Waals surface area (Å²) in [5, 5.41) is 0. The molecule has 0 amide bonds. The molecule has 0 aliphatic carbocycles. The Labute approximate surface area is 102 Å². The van der Waals surface area contributed by atoms with Crippen molar-refractivity contribution >= 4 is 15.4 Å². The van der Waals surface area contributed by atoms with Crippen molar-refractivity contribution < 1.29 is 13.2 Å². The molecule has 0 saturated carbocycles. The molecule has 0 atom stereocenters. The van der Waals surface area contributed by atoms with Gasteiger partial charge in [0.2, 0.25) is 0 Å². The first-order chi connectivity index (χ1) is 8.07. The fourth-order valence-corrected chi connectivity index (χ4v) is 3.38. The molecule has 0 aromatic heterocycles. The Morgan fingerprint density at radius 1 is 1.35 bits per heavy atom. The van der Waals surface area contributed by atoms with Crippen molar-refractivity contribution in [2.45, 2.75) is 6.92 Å². The highest BCUT2D eigenvalue weighted by atomic mass is 32.2. The Morgan fingerprint density at radius 3 is 2.59 bits per heavy atom. The highest BCUT2D eigenvalue weighted by Gasteiger charge is 2.33. The van der Waals surface area contributed by atoms with E-state index >= 15 is 0 Å². The first kappa shape index (κ1) is 12.2. The standard InChI is InChI=1S/C13H16O3S/c1-11(13-5-3-2-4-6-13)7-16-8-12-9-17(14,15)10-12/h2-7,12H,8-10H2,1H3/b11-7-. The van der Waals surface area contributed by atoms with Crippen LogP contribution >= 0.6 is 0 Å². The fraction of sp³-hybridized carbons (Fsp3) is 0.385. The average Bonchev–Trinajstić information content (AvgIpc) is 2.27. The molecule has 2 rings (SSSR count). The maximum Gasteiger partial charge on any atom is 0.151 e. The molecule has 0 radical (unpaired) electrons. The van der Waals surface area contributed by atoms with Crippen molar-refractivity contribution in [3.05, 3.63) is 42.2 Å². The lowest BCUT2D eigenvalue weighted by molar-refractivity contribution is 0.207. The third-order valence-corrected chi connectivity index (χ3v) is 4.76. The summed E-state index contributed by atoms with van der Waals surface area (Å²) in [5.74, 6) is 0.705. The van der Waals surface area contributed by atoms with Gasteiger partial charge < -0.3 is 4.74 Å². The summed E-state index contributed by atoms with van der Waals surface area (Å²) in [5.41, 5.74) is 2.17. The second-order valence-corrected chi connectivity index (χ2v) is 6.60. The number of ether oxygens (including phenoxy) is 1. The summed E-state index contributed by atoms with van der Waals surface area (Å²) in [6.45, 7) is 2.47. The Bertz CT molecular complexity index is 491. The van der Waals surface area contributed by atoms with Crippen LogP contribution in [0, 0.1) is 5.92 Å². The van der Waals surface area contributed by atoms with Crippen molar-refractivity contribution in [3.63, 3.8) is 0 Å². The maximum absolute atomic E-state index is 10.9. The highest BCUT2D eigenvalue weighted by Crippen LogP contribution is 2.19. The minimum atomic E-state index is -2.73. The van der Waals surface area contributed by atoms with E-state index in [1.165, 1.54) is 0 Å². The van der Waals surface area contributed by atoms with Gasteiger partial charge in [-0.2, -0.15) is 0 Å². The molecule has 0 bridgehead atoms. The van der Waals surface area contributed by atoms with Gasteiger partial charge in [-0.25, -0.2) is 8.42 Å². The van der Waals surface area contributed by atoms with E-state index in [2.05, 4.69) is 0 Å². The Morgan fingerprint density at radius 2 is 2.00 bits per heavy atom. The van der Waals surface area contributed by atoms with Crippen molar-refractivity contribution in [2.24, 2.45) is 5.92 Å². The molecule has 1 aliphatic rings. The molecule has 1 aromatic carbocycles. The quantitative estimate of drug-likeness (QED) is 0.771. The van der Waals surface area contributed by atoms with Crippen molar-refractivity contribution in [1.82, 2.24) is 0 Å². The molecule has 0 spiro atoms. The van der Waals surface area contributed by atoms with Crippen LogP contribution in [-0.4, -0.2) is 26.5 Å². The van der Waals surface area contributed by atoms with Crippen molar-refractivity contribution in [1.29, 1.82) is 0 Å². The largest absolute Gasteiger partial charge is 0.501 e. The van der Waals surface area contributed by atoms with Gasteiger partial charge in [0.25, 0.3) is 0 Å². The molecule has 0 N–H and O–H groups in total. The normalized spacial score (nSPS) is 19.7. The molecular weight excluding hydrogens is 236 g/mol. The summed E-state index contributed by atoms with van der Waals surface area (Å²) in [7, 11) is -2.73. The molecule has 1 fully saturated rings. The second-order valence-electron chi connectivity index (χ2n) is 4.44. The fourth-order valence-electron chi connectivity index (χ4n) is 1.84. The van der Waals surface area contributed by atoms with E-state index in [0.29, 0.717) is 6.61 Å². The van der Waals surface area contributed by atoms with Crippen LogP contribution in [0.1, 0.15) is 12.5 Å². The SMILES string of the molecule is C/C(=C/OCC1CS(=O)(=O)C1)c1ccccc1. The minimum absolute atomic E-state index is 0.167. The van der Waals surface area contributed by atoms with Crippen LogP contribution in [0.5, 0.6) is 0 Å². The predicted molar refractivity (Wildman–Crippen MR) is 68.2 cm³/mol. The highest BCUT2D eigenvalue weighted by molar-refractivity contribution is 7.92. The zero-order valence-electron chi connectivity index (χ0n) is 9.80. The number of hydrogen-bond acceptors (Lipinski definition) is 3. The topological polar surface area (TPSA) is 43.4 Å². The Hall–Kier alpha value is -1.29. The number of allylic oxidation sites excluding steroid dienone is 1. The molecule has 17 heavy (non-hydrogen) atoms. The van der Waals surface area contributed by atoms with Crippen LogP contribution in [0.2, 0.25) is 0 Å². The zero-order chi connectivity index (χ0) is 12.3. The van der Waals surface area contributed by atoms with Gasteiger partial charge in [-0.05, 0) is 18.1 Å². The Balaban J connectivity index is 1.82. The van der Waals surface area contributed by atoms with Crippen LogP contribution in [-0.2, 0) is 14.6 Å². The Kier molecular flexibility index (Phi) is 3.52. The van der Waals surface area contributed by atoms with Gasteiger partial charge in [-0.1, -0.05) is 30.3 Å². The van der Waals surface area contributed by atoms with Crippen molar-refractivity contribution in [3.8, 4) is 0 Å². The third kappa shape index (κ3) is 3.33. The summed E-state index contributed by atoms with van der Waals surface area (Å²) < 4.78 is 27.3. The van der Waals surface area contributed by atoms with Gasteiger partial charge in [-0.3, -0.25) is 0 Å². The molecule has 1 aromatic rings. The van der Waals surface area contributed by atoms with E-state index in [0.717, 1.165) is 11.1 Å². The van der Waals surface area contributed by atoms with E-state index in [1.807, 2.05) is 37.3 Å². The molecule has 1 saturated heterocycles. The van der Waals surface area contributed by atoms with Crippen LogP contribution in [0.25, 0.3) is 5.57 Å². The average molecular weight is 252 g/mol. The lowest BCUT2D eigenvalue weighted by atomic mass is 10.1. The summed E-state index contributed by atoms with van der Waals surface area (Å²) in [6.07, 6.45) is 1.71. The number of benzene rings is 1. The number of hydrogen-bond donors (Lipinski definition) is 0. The van der Waals surface area contributed by atoms with Gasteiger partial charge in [0.15, 0.2) is 9.84 Å². The second kappa shape index (κ2) is 4.92. The van der Waals surface area contributed by atoms with E-state index in [-0.39, 0.29) is 17.4 Å². The first-order valence-electron chi connectivity index (χ1n) is 5.61. The number of rotatable bonds is 4. The van der Waals surface area contributed by atoms with Gasteiger partial charge >= 0.3 is 0 Å². The van der Waals surface area contributed by atoms with E-state index in [1.54, 1.807) is 6.26 Å². The third-order valence-electron chi connectivity index (χ3n) is 2.80. The molecule has 1 aliphatic heterocycles. The van der Waals surface area contributed by atoms with Crippen molar-refractivity contribution in [2.75, 3.05) is 18.1 Å².